The lowest BCUT2D eigenvalue weighted by atomic mass is 9.89. The molecule has 0 radical (unpaired) electrons. The standard InChI is InChI=1S/C14H24N2O3S/c1-9(20(4)19)7-8-16-10(2)12(17)15-14(3,13(16)18)11-5-6-11/h9-11H,5-8H2,1-4H3,(H,15,17). The lowest BCUT2D eigenvalue weighted by Gasteiger charge is -2.44. The van der Waals surface area contributed by atoms with Gasteiger partial charge in [0, 0.05) is 28.9 Å². The maximum atomic E-state index is 12.7. The Morgan fingerprint density at radius 2 is 2.05 bits per heavy atom. The first-order chi connectivity index (χ1) is 9.27. The highest BCUT2D eigenvalue weighted by Gasteiger charge is 2.54. The first-order valence-corrected chi connectivity index (χ1v) is 8.84. The summed E-state index contributed by atoms with van der Waals surface area (Å²) in [5.41, 5.74) is -0.738. The number of nitrogens with zero attached hydrogens (tertiary/aromatic N) is 1. The van der Waals surface area contributed by atoms with Crippen LogP contribution in [0.2, 0.25) is 0 Å². The number of nitrogens with one attached hydrogen (secondary N) is 1. The fraction of sp³-hybridized carbons (Fsp3) is 0.857. The lowest BCUT2D eigenvalue weighted by molar-refractivity contribution is -0.154. The summed E-state index contributed by atoms with van der Waals surface area (Å²) in [6, 6.07) is -0.438. The third-order valence-corrected chi connectivity index (χ3v) is 6.04. The first-order valence-electron chi connectivity index (χ1n) is 7.22. The zero-order valence-corrected chi connectivity index (χ0v) is 13.5. The quantitative estimate of drug-likeness (QED) is 0.811. The van der Waals surface area contributed by atoms with Crippen LogP contribution in [0.15, 0.2) is 0 Å². The Labute approximate surface area is 122 Å². The number of amides is 2. The van der Waals surface area contributed by atoms with E-state index >= 15 is 0 Å². The van der Waals surface area contributed by atoms with Crippen LogP contribution in [0.5, 0.6) is 0 Å². The normalized spacial score (nSPS) is 33.8. The second kappa shape index (κ2) is 5.47. The van der Waals surface area contributed by atoms with Gasteiger partial charge in [0.15, 0.2) is 0 Å². The van der Waals surface area contributed by atoms with Crippen LogP contribution in [0, 0.1) is 5.92 Å². The highest BCUT2D eigenvalue weighted by atomic mass is 32.2. The summed E-state index contributed by atoms with van der Waals surface area (Å²) >= 11 is 0. The number of hydrogen-bond donors (Lipinski definition) is 1. The number of hydrogen-bond acceptors (Lipinski definition) is 3. The Hall–Kier alpha value is -0.910. The topological polar surface area (TPSA) is 66.5 Å². The van der Waals surface area contributed by atoms with Crippen molar-refractivity contribution in [1.29, 1.82) is 0 Å². The van der Waals surface area contributed by atoms with E-state index in [0.29, 0.717) is 13.0 Å². The molecule has 2 fully saturated rings. The molecule has 2 aliphatic rings. The van der Waals surface area contributed by atoms with Crippen LogP contribution in [0.1, 0.15) is 40.0 Å². The van der Waals surface area contributed by atoms with Crippen LogP contribution < -0.4 is 5.32 Å². The molecule has 2 rings (SSSR count). The Morgan fingerprint density at radius 1 is 1.45 bits per heavy atom. The molecule has 114 valence electrons. The van der Waals surface area contributed by atoms with Crippen molar-refractivity contribution in [2.45, 2.75) is 56.9 Å². The van der Waals surface area contributed by atoms with Gasteiger partial charge in [0.2, 0.25) is 11.8 Å². The first kappa shape index (κ1) is 15.5. The van der Waals surface area contributed by atoms with E-state index in [2.05, 4.69) is 5.32 Å². The monoisotopic (exact) mass is 300 g/mol. The molecular weight excluding hydrogens is 276 g/mol. The van der Waals surface area contributed by atoms with E-state index in [1.54, 1.807) is 18.1 Å². The minimum Gasteiger partial charge on any atom is -0.340 e. The second-order valence-corrected chi connectivity index (χ2v) is 8.04. The van der Waals surface area contributed by atoms with Crippen molar-refractivity contribution >= 4 is 22.6 Å². The zero-order chi connectivity index (χ0) is 15.1. The van der Waals surface area contributed by atoms with Crippen LogP contribution in [0.3, 0.4) is 0 Å². The largest absolute Gasteiger partial charge is 0.340 e. The third-order valence-electron chi connectivity index (χ3n) is 4.67. The van der Waals surface area contributed by atoms with Crippen molar-refractivity contribution in [1.82, 2.24) is 10.2 Å². The second-order valence-electron chi connectivity index (χ2n) is 6.24. The molecule has 1 aliphatic carbocycles. The molecule has 4 unspecified atom stereocenters. The fourth-order valence-corrected chi connectivity index (χ4v) is 3.19. The molecule has 1 aliphatic heterocycles. The van der Waals surface area contributed by atoms with Crippen LogP contribution in [-0.4, -0.2) is 50.6 Å². The highest BCUT2D eigenvalue weighted by Crippen LogP contribution is 2.42. The van der Waals surface area contributed by atoms with Gasteiger partial charge in [-0.3, -0.25) is 13.8 Å². The molecule has 0 aromatic rings. The van der Waals surface area contributed by atoms with Gasteiger partial charge in [-0.1, -0.05) is 6.92 Å². The van der Waals surface area contributed by atoms with Gasteiger partial charge < -0.3 is 10.2 Å². The SMILES string of the molecule is CC1C(=O)NC(C)(C2CC2)C(=O)N1CCC(C)S(C)=O. The number of rotatable bonds is 5. The van der Waals surface area contributed by atoms with Gasteiger partial charge in [0.1, 0.15) is 11.6 Å². The summed E-state index contributed by atoms with van der Waals surface area (Å²) in [6.07, 6.45) is 4.33. The van der Waals surface area contributed by atoms with E-state index in [-0.39, 0.29) is 23.0 Å². The van der Waals surface area contributed by atoms with Crippen molar-refractivity contribution in [3.05, 3.63) is 0 Å². The predicted molar refractivity (Wildman–Crippen MR) is 78.6 cm³/mol. The Morgan fingerprint density at radius 3 is 2.55 bits per heavy atom. The van der Waals surface area contributed by atoms with E-state index in [0.717, 1.165) is 12.8 Å². The Balaban J connectivity index is 2.10. The van der Waals surface area contributed by atoms with Crippen LogP contribution >= 0.6 is 0 Å². The van der Waals surface area contributed by atoms with Crippen molar-refractivity contribution in [2.24, 2.45) is 5.92 Å². The molecule has 5 nitrogen and oxygen atoms in total. The molecule has 1 saturated carbocycles. The van der Waals surface area contributed by atoms with Crippen molar-refractivity contribution in [3.8, 4) is 0 Å². The van der Waals surface area contributed by atoms with Gasteiger partial charge in [-0.15, -0.1) is 0 Å². The number of carbonyl (C=O) groups excluding carboxylic acids is 2. The minimum atomic E-state index is -0.900. The summed E-state index contributed by atoms with van der Waals surface area (Å²) in [5, 5.41) is 2.94. The van der Waals surface area contributed by atoms with Crippen LogP contribution in [0.25, 0.3) is 0 Å². The molecule has 1 N–H and O–H groups in total. The van der Waals surface area contributed by atoms with E-state index < -0.39 is 22.4 Å². The predicted octanol–water partition coefficient (Wildman–Crippen LogP) is 0.659. The number of carbonyl (C=O) groups is 2. The summed E-state index contributed by atoms with van der Waals surface area (Å²) in [4.78, 5) is 26.5. The van der Waals surface area contributed by atoms with Crippen molar-refractivity contribution in [3.63, 3.8) is 0 Å². The van der Waals surface area contributed by atoms with E-state index in [1.807, 2.05) is 13.8 Å². The van der Waals surface area contributed by atoms with Crippen molar-refractivity contribution < 1.29 is 13.8 Å². The van der Waals surface area contributed by atoms with Crippen LogP contribution in [-0.2, 0) is 20.4 Å². The molecule has 1 heterocycles. The summed E-state index contributed by atoms with van der Waals surface area (Å²) < 4.78 is 11.4. The molecule has 1 saturated heterocycles. The maximum absolute atomic E-state index is 12.7. The van der Waals surface area contributed by atoms with E-state index in [4.69, 9.17) is 0 Å². The van der Waals surface area contributed by atoms with E-state index in [1.165, 1.54) is 0 Å². The Kier molecular flexibility index (Phi) is 4.23. The van der Waals surface area contributed by atoms with Gasteiger partial charge in [0.05, 0.1) is 0 Å². The highest BCUT2D eigenvalue weighted by molar-refractivity contribution is 7.84. The van der Waals surface area contributed by atoms with Gasteiger partial charge in [-0.2, -0.15) is 0 Å². The maximum Gasteiger partial charge on any atom is 0.248 e. The summed E-state index contributed by atoms with van der Waals surface area (Å²) in [6.45, 7) is 6.00. The van der Waals surface area contributed by atoms with E-state index in [9.17, 15) is 13.8 Å². The molecule has 20 heavy (non-hydrogen) atoms. The summed E-state index contributed by atoms with van der Waals surface area (Å²) in [5.74, 6) is 0.206. The molecule has 6 heteroatoms. The average molecular weight is 300 g/mol. The molecule has 4 atom stereocenters. The molecular formula is C14H24N2O3S. The molecule has 0 spiro atoms. The minimum absolute atomic E-state index is 0.0150. The summed E-state index contributed by atoms with van der Waals surface area (Å²) in [7, 11) is -0.900. The molecule has 0 bridgehead atoms. The third kappa shape index (κ3) is 2.75. The molecule has 0 aromatic carbocycles. The molecule has 2 amide bonds. The lowest BCUT2D eigenvalue weighted by Crippen LogP contribution is -2.69. The Bertz CT molecular complexity index is 450. The van der Waals surface area contributed by atoms with Crippen LogP contribution in [0.4, 0.5) is 0 Å². The smallest absolute Gasteiger partial charge is 0.248 e. The fourth-order valence-electron chi connectivity index (χ4n) is 2.75. The van der Waals surface area contributed by atoms with Gasteiger partial charge in [0.25, 0.3) is 0 Å². The van der Waals surface area contributed by atoms with Gasteiger partial charge in [-0.25, -0.2) is 0 Å². The number of piperazine rings is 1. The zero-order valence-electron chi connectivity index (χ0n) is 12.6. The average Bonchev–Trinajstić information content (AvgIpc) is 3.20. The van der Waals surface area contributed by atoms with Gasteiger partial charge >= 0.3 is 0 Å². The van der Waals surface area contributed by atoms with Crippen molar-refractivity contribution in [2.75, 3.05) is 12.8 Å². The molecule has 0 aromatic heterocycles. The van der Waals surface area contributed by atoms with Gasteiger partial charge in [-0.05, 0) is 39.0 Å².